The van der Waals surface area contributed by atoms with Crippen LogP contribution < -0.4 is 11.1 Å². The van der Waals surface area contributed by atoms with E-state index in [-0.39, 0.29) is 11.9 Å². The van der Waals surface area contributed by atoms with Crippen LogP contribution in [0.25, 0.3) is 10.1 Å². The summed E-state index contributed by atoms with van der Waals surface area (Å²) in [5.74, 6) is -0.588. The van der Waals surface area contributed by atoms with Crippen LogP contribution in [0.1, 0.15) is 36.0 Å². The molecule has 0 spiro atoms. The number of esters is 1. The van der Waals surface area contributed by atoms with Crippen LogP contribution >= 0.6 is 11.3 Å². The fourth-order valence-corrected chi connectivity index (χ4v) is 3.67. The van der Waals surface area contributed by atoms with Gasteiger partial charge in [-0.05, 0) is 62.4 Å². The van der Waals surface area contributed by atoms with Crippen molar-refractivity contribution in [3.8, 4) is 0 Å². The van der Waals surface area contributed by atoms with E-state index in [1.165, 1.54) is 11.3 Å². The maximum Gasteiger partial charge on any atom is 0.348 e. The van der Waals surface area contributed by atoms with Gasteiger partial charge < -0.3 is 15.8 Å². The van der Waals surface area contributed by atoms with Gasteiger partial charge in [0.1, 0.15) is 10.5 Å². The maximum atomic E-state index is 12.4. The van der Waals surface area contributed by atoms with Crippen molar-refractivity contribution in [1.82, 2.24) is 0 Å². The average Bonchev–Trinajstić information content (AvgIpc) is 3.04. The molecule has 0 fully saturated rings. The number of hydrogen-bond acceptors (Lipinski definition) is 5. The van der Waals surface area contributed by atoms with E-state index >= 15 is 0 Å². The zero-order valence-corrected chi connectivity index (χ0v) is 17.0. The van der Waals surface area contributed by atoms with E-state index in [1.54, 1.807) is 6.07 Å². The van der Waals surface area contributed by atoms with Crippen molar-refractivity contribution < 1.29 is 14.3 Å². The molecule has 28 heavy (non-hydrogen) atoms. The molecule has 0 saturated heterocycles. The first-order valence-electron chi connectivity index (χ1n) is 9.08. The fourth-order valence-electron chi connectivity index (χ4n) is 2.75. The first-order chi connectivity index (χ1) is 13.2. The summed E-state index contributed by atoms with van der Waals surface area (Å²) in [6.45, 7) is 5.51. The largest absolute Gasteiger partial charge is 0.456 e. The van der Waals surface area contributed by atoms with E-state index in [2.05, 4.69) is 5.32 Å². The lowest BCUT2D eigenvalue weighted by molar-refractivity contribution is -0.117. The van der Waals surface area contributed by atoms with Crippen LogP contribution in [0.3, 0.4) is 0 Å². The Morgan fingerprint density at radius 1 is 1.11 bits per heavy atom. The van der Waals surface area contributed by atoms with Gasteiger partial charge in [-0.3, -0.25) is 4.79 Å². The van der Waals surface area contributed by atoms with Crippen LogP contribution in [0.15, 0.2) is 54.6 Å². The highest BCUT2D eigenvalue weighted by Crippen LogP contribution is 2.29. The topological polar surface area (TPSA) is 81.4 Å². The molecule has 0 saturated carbocycles. The summed E-state index contributed by atoms with van der Waals surface area (Å²) in [7, 11) is 0. The summed E-state index contributed by atoms with van der Waals surface area (Å²) in [6, 6.07) is 16.3. The summed E-state index contributed by atoms with van der Waals surface area (Å²) in [6.07, 6.45) is 0.468. The first kappa shape index (κ1) is 20.0. The number of amides is 1. The van der Waals surface area contributed by atoms with E-state index in [0.717, 1.165) is 15.6 Å². The predicted molar refractivity (Wildman–Crippen MR) is 114 cm³/mol. The Kier molecular flexibility index (Phi) is 5.82. The Morgan fingerprint density at radius 3 is 2.50 bits per heavy atom. The molecule has 3 N–H and O–H groups in total. The number of nitrogens with two attached hydrogens (primary N) is 1. The Hall–Kier alpha value is -2.70. The number of carbonyl (C=O) groups is 2. The third-order valence-electron chi connectivity index (χ3n) is 4.02. The first-order valence-corrected chi connectivity index (χ1v) is 9.90. The molecule has 5 nitrogen and oxygen atoms in total. The third-order valence-corrected chi connectivity index (χ3v) is 5.12. The molecule has 1 unspecified atom stereocenters. The molecule has 1 atom stereocenters. The van der Waals surface area contributed by atoms with Gasteiger partial charge in [-0.1, -0.05) is 30.3 Å². The van der Waals surface area contributed by atoms with Gasteiger partial charge >= 0.3 is 5.97 Å². The monoisotopic (exact) mass is 396 g/mol. The molecule has 6 heteroatoms. The summed E-state index contributed by atoms with van der Waals surface area (Å²) in [5, 5.41) is 3.73. The number of fused-ring (bicyclic) bond motifs is 1. The Labute approximate surface area is 168 Å². The lowest BCUT2D eigenvalue weighted by atomic mass is 10.1. The van der Waals surface area contributed by atoms with Crippen molar-refractivity contribution in [1.29, 1.82) is 0 Å². The van der Waals surface area contributed by atoms with Crippen LogP contribution in [0.4, 0.5) is 5.69 Å². The lowest BCUT2D eigenvalue weighted by Crippen LogP contribution is -2.37. The molecular weight excluding hydrogens is 372 g/mol. The van der Waals surface area contributed by atoms with Gasteiger partial charge in [0.15, 0.2) is 0 Å². The molecule has 1 amide bonds. The summed E-state index contributed by atoms with van der Waals surface area (Å²) in [5.41, 5.74) is 7.16. The number of carbonyl (C=O) groups excluding carboxylic acids is 2. The van der Waals surface area contributed by atoms with Crippen LogP contribution in [0.2, 0.25) is 0 Å². The second-order valence-electron chi connectivity index (χ2n) is 7.65. The SMILES string of the molecule is CC(C)(C)OC(=O)c1cc2cc(NC(=O)C(N)Cc3ccccc3)ccc2s1. The number of thiophene rings is 1. The lowest BCUT2D eigenvalue weighted by Gasteiger charge is -2.18. The minimum Gasteiger partial charge on any atom is -0.456 e. The van der Waals surface area contributed by atoms with E-state index in [9.17, 15) is 9.59 Å². The third kappa shape index (κ3) is 5.18. The molecule has 1 aromatic heterocycles. The van der Waals surface area contributed by atoms with Gasteiger partial charge in [0.05, 0.1) is 6.04 Å². The highest BCUT2D eigenvalue weighted by Gasteiger charge is 2.20. The molecule has 3 rings (SSSR count). The quantitative estimate of drug-likeness (QED) is 0.628. The van der Waals surface area contributed by atoms with Crippen LogP contribution in [-0.2, 0) is 16.0 Å². The number of hydrogen-bond donors (Lipinski definition) is 2. The van der Waals surface area contributed by atoms with Crippen LogP contribution in [0.5, 0.6) is 0 Å². The molecule has 0 aliphatic rings. The van der Waals surface area contributed by atoms with Crippen molar-refractivity contribution >= 4 is 39.0 Å². The molecule has 0 bridgehead atoms. The highest BCUT2D eigenvalue weighted by molar-refractivity contribution is 7.20. The second kappa shape index (κ2) is 8.12. The Morgan fingerprint density at radius 2 is 1.82 bits per heavy atom. The number of anilines is 1. The number of nitrogens with one attached hydrogen (secondary N) is 1. The fraction of sp³-hybridized carbons (Fsp3) is 0.273. The highest BCUT2D eigenvalue weighted by atomic mass is 32.1. The standard InChI is InChI=1S/C22H24N2O3S/c1-22(2,3)27-21(26)19-13-15-12-16(9-10-18(15)28-19)24-20(25)17(23)11-14-7-5-4-6-8-14/h4-10,12-13,17H,11,23H2,1-3H3,(H,24,25). The van der Waals surface area contributed by atoms with Crippen molar-refractivity contribution in [2.45, 2.75) is 38.8 Å². The van der Waals surface area contributed by atoms with E-state index < -0.39 is 11.6 Å². The van der Waals surface area contributed by atoms with E-state index in [4.69, 9.17) is 10.5 Å². The zero-order chi connectivity index (χ0) is 20.3. The van der Waals surface area contributed by atoms with E-state index in [0.29, 0.717) is 17.0 Å². The summed E-state index contributed by atoms with van der Waals surface area (Å²) in [4.78, 5) is 25.2. The molecule has 2 aromatic carbocycles. The van der Waals surface area contributed by atoms with Gasteiger partial charge in [-0.15, -0.1) is 11.3 Å². The van der Waals surface area contributed by atoms with Gasteiger partial charge in [0.2, 0.25) is 5.91 Å². The number of benzene rings is 2. The van der Waals surface area contributed by atoms with Gasteiger partial charge in [-0.2, -0.15) is 0 Å². The van der Waals surface area contributed by atoms with Crippen molar-refractivity contribution in [2.75, 3.05) is 5.32 Å². The molecule has 3 aromatic rings. The number of ether oxygens (including phenoxy) is 1. The van der Waals surface area contributed by atoms with Crippen molar-refractivity contribution in [3.05, 3.63) is 65.0 Å². The van der Waals surface area contributed by atoms with Crippen molar-refractivity contribution in [2.24, 2.45) is 5.73 Å². The van der Waals surface area contributed by atoms with Gasteiger partial charge in [-0.25, -0.2) is 4.79 Å². The van der Waals surface area contributed by atoms with Crippen LogP contribution in [0, 0.1) is 0 Å². The average molecular weight is 397 g/mol. The molecular formula is C22H24N2O3S. The number of rotatable bonds is 5. The van der Waals surface area contributed by atoms with E-state index in [1.807, 2.05) is 69.3 Å². The normalized spacial score (nSPS) is 12.6. The molecule has 0 aliphatic heterocycles. The molecule has 146 valence electrons. The maximum absolute atomic E-state index is 12.4. The smallest absolute Gasteiger partial charge is 0.348 e. The van der Waals surface area contributed by atoms with Gasteiger partial charge in [0, 0.05) is 10.4 Å². The van der Waals surface area contributed by atoms with Gasteiger partial charge in [0.25, 0.3) is 0 Å². The van der Waals surface area contributed by atoms with Crippen LogP contribution in [-0.4, -0.2) is 23.5 Å². The molecule has 1 heterocycles. The zero-order valence-electron chi connectivity index (χ0n) is 16.2. The molecule has 0 aliphatic carbocycles. The second-order valence-corrected chi connectivity index (χ2v) is 8.73. The van der Waals surface area contributed by atoms with Crippen molar-refractivity contribution in [3.63, 3.8) is 0 Å². The predicted octanol–water partition coefficient (Wildman–Crippen LogP) is 4.37. The molecule has 0 radical (unpaired) electrons. The Balaban J connectivity index is 1.70. The Bertz CT molecular complexity index is 990. The summed E-state index contributed by atoms with van der Waals surface area (Å²) >= 11 is 1.37. The minimum absolute atomic E-state index is 0.245. The minimum atomic E-state index is -0.641. The summed E-state index contributed by atoms with van der Waals surface area (Å²) < 4.78 is 6.37.